The average Bonchev–Trinajstić information content (AvgIpc) is 2.51. The number of esters is 1. The predicted molar refractivity (Wildman–Crippen MR) is 72.1 cm³/mol. The lowest BCUT2D eigenvalue weighted by atomic mass is 9.96. The molecule has 0 aromatic heterocycles. The highest BCUT2D eigenvalue weighted by Crippen LogP contribution is 2.11. The minimum atomic E-state index is -0.771. The molecule has 7 nitrogen and oxygen atoms in total. The van der Waals surface area contributed by atoms with Crippen LogP contribution in [0.15, 0.2) is 30.3 Å². The number of methoxy groups -OCH3 is 1. The summed E-state index contributed by atoms with van der Waals surface area (Å²) in [6.07, 6.45) is -0.695. The standard InChI is InChI=1S/C14H16N2O5/c1-20-11(17)7-10-12(13(18)15-10)16-14(19)21-8-9-5-3-2-4-6-9/h2-6,10,12H,7-8H2,1H3,(H,15,18)(H,16,19). The summed E-state index contributed by atoms with van der Waals surface area (Å²) in [4.78, 5) is 34.2. The number of rotatable bonds is 5. The second-order valence-electron chi connectivity index (χ2n) is 4.58. The zero-order valence-electron chi connectivity index (χ0n) is 11.5. The molecule has 21 heavy (non-hydrogen) atoms. The first-order valence-corrected chi connectivity index (χ1v) is 6.44. The Bertz CT molecular complexity index is 531. The van der Waals surface area contributed by atoms with Crippen molar-refractivity contribution in [3.05, 3.63) is 35.9 Å². The summed E-state index contributed by atoms with van der Waals surface area (Å²) >= 11 is 0. The Hall–Kier alpha value is -2.57. The minimum Gasteiger partial charge on any atom is -0.469 e. The van der Waals surface area contributed by atoms with Crippen LogP contribution in [0.5, 0.6) is 0 Å². The van der Waals surface area contributed by atoms with Gasteiger partial charge in [0.25, 0.3) is 0 Å². The molecule has 1 heterocycles. The molecule has 112 valence electrons. The van der Waals surface area contributed by atoms with E-state index in [2.05, 4.69) is 15.4 Å². The fourth-order valence-corrected chi connectivity index (χ4v) is 1.93. The monoisotopic (exact) mass is 292 g/mol. The van der Waals surface area contributed by atoms with Crippen LogP contribution in [0.25, 0.3) is 0 Å². The lowest BCUT2D eigenvalue weighted by Crippen LogP contribution is -2.69. The smallest absolute Gasteiger partial charge is 0.408 e. The van der Waals surface area contributed by atoms with Gasteiger partial charge in [0.2, 0.25) is 5.91 Å². The van der Waals surface area contributed by atoms with Gasteiger partial charge in [0.05, 0.1) is 19.6 Å². The highest BCUT2D eigenvalue weighted by atomic mass is 16.5. The van der Waals surface area contributed by atoms with Crippen LogP contribution in [0.4, 0.5) is 4.79 Å². The molecule has 0 radical (unpaired) electrons. The van der Waals surface area contributed by atoms with Crippen molar-refractivity contribution in [2.75, 3.05) is 7.11 Å². The van der Waals surface area contributed by atoms with Gasteiger partial charge in [0.1, 0.15) is 12.6 Å². The Kier molecular flexibility index (Phi) is 4.76. The summed E-state index contributed by atoms with van der Waals surface area (Å²) in [6, 6.07) is 7.94. The van der Waals surface area contributed by atoms with Crippen molar-refractivity contribution >= 4 is 18.0 Å². The van der Waals surface area contributed by atoms with Crippen molar-refractivity contribution in [2.45, 2.75) is 25.1 Å². The number of hydrogen-bond acceptors (Lipinski definition) is 5. The van der Waals surface area contributed by atoms with Gasteiger partial charge in [-0.2, -0.15) is 0 Å². The van der Waals surface area contributed by atoms with Gasteiger partial charge in [-0.05, 0) is 5.56 Å². The molecule has 1 aliphatic rings. The first-order valence-electron chi connectivity index (χ1n) is 6.44. The first-order chi connectivity index (χ1) is 10.1. The summed E-state index contributed by atoms with van der Waals surface area (Å²) in [7, 11) is 1.26. The van der Waals surface area contributed by atoms with Gasteiger partial charge in [-0.25, -0.2) is 4.79 Å². The zero-order valence-corrected chi connectivity index (χ0v) is 11.5. The summed E-state index contributed by atoms with van der Waals surface area (Å²) in [5.74, 6) is -0.801. The predicted octanol–water partition coefficient (Wildman–Crippen LogP) is 0.343. The first kappa shape index (κ1) is 14.8. The fourth-order valence-electron chi connectivity index (χ4n) is 1.93. The maximum absolute atomic E-state index is 11.6. The van der Waals surface area contributed by atoms with E-state index in [9.17, 15) is 14.4 Å². The van der Waals surface area contributed by atoms with Crippen LogP contribution in [0, 0.1) is 0 Å². The molecule has 0 bridgehead atoms. The van der Waals surface area contributed by atoms with Crippen molar-refractivity contribution < 1.29 is 23.9 Å². The van der Waals surface area contributed by atoms with Crippen molar-refractivity contribution in [3.8, 4) is 0 Å². The van der Waals surface area contributed by atoms with Gasteiger partial charge in [-0.15, -0.1) is 0 Å². The zero-order chi connectivity index (χ0) is 15.2. The number of nitrogens with one attached hydrogen (secondary N) is 2. The maximum Gasteiger partial charge on any atom is 0.408 e. The molecule has 1 aromatic carbocycles. The van der Waals surface area contributed by atoms with Crippen molar-refractivity contribution in [2.24, 2.45) is 0 Å². The van der Waals surface area contributed by atoms with Crippen LogP contribution in [0.2, 0.25) is 0 Å². The van der Waals surface area contributed by atoms with Gasteiger partial charge < -0.3 is 20.1 Å². The Morgan fingerprint density at radius 1 is 1.29 bits per heavy atom. The summed E-state index contributed by atoms with van der Waals surface area (Å²) < 4.78 is 9.53. The molecule has 1 saturated heterocycles. The maximum atomic E-state index is 11.6. The number of hydrogen-bond donors (Lipinski definition) is 2. The van der Waals surface area contributed by atoms with Crippen molar-refractivity contribution in [1.29, 1.82) is 0 Å². The second kappa shape index (κ2) is 6.74. The molecule has 2 amide bonds. The number of ether oxygens (including phenoxy) is 2. The third-order valence-electron chi connectivity index (χ3n) is 3.11. The minimum absolute atomic E-state index is 0.00583. The Morgan fingerprint density at radius 2 is 2.00 bits per heavy atom. The molecule has 1 fully saturated rings. The third kappa shape index (κ3) is 3.95. The largest absolute Gasteiger partial charge is 0.469 e. The van der Waals surface area contributed by atoms with E-state index in [0.29, 0.717) is 0 Å². The molecule has 0 saturated carbocycles. The molecular weight excluding hydrogens is 276 g/mol. The number of β-lactam (4-membered cyclic amide) rings is 1. The van der Waals surface area contributed by atoms with Crippen molar-refractivity contribution in [1.82, 2.24) is 10.6 Å². The van der Waals surface area contributed by atoms with Crippen LogP contribution >= 0.6 is 0 Å². The summed E-state index contributed by atoms with van der Waals surface area (Å²) in [5.41, 5.74) is 0.844. The van der Waals surface area contributed by atoms with Crippen LogP contribution < -0.4 is 10.6 Å². The molecule has 1 aromatic rings. The van der Waals surface area contributed by atoms with Gasteiger partial charge in [-0.1, -0.05) is 30.3 Å². The van der Waals surface area contributed by atoms with Gasteiger partial charge >= 0.3 is 12.1 Å². The molecule has 2 rings (SSSR count). The lowest BCUT2D eigenvalue weighted by Gasteiger charge is -2.35. The normalized spacial score (nSPS) is 20.0. The number of amides is 2. The summed E-state index contributed by atoms with van der Waals surface area (Å²) in [5, 5.41) is 4.96. The van der Waals surface area contributed by atoms with Gasteiger partial charge in [0, 0.05) is 0 Å². The van der Waals surface area contributed by atoms with Crippen LogP contribution in [-0.4, -0.2) is 37.2 Å². The molecule has 0 aliphatic carbocycles. The Labute approximate surface area is 121 Å². The van der Waals surface area contributed by atoms with E-state index in [1.54, 1.807) is 0 Å². The van der Waals surface area contributed by atoms with E-state index < -0.39 is 24.1 Å². The topological polar surface area (TPSA) is 93.7 Å². The highest BCUT2D eigenvalue weighted by molar-refractivity contribution is 5.93. The van der Waals surface area contributed by atoms with Crippen LogP contribution in [0.1, 0.15) is 12.0 Å². The highest BCUT2D eigenvalue weighted by Gasteiger charge is 2.42. The van der Waals surface area contributed by atoms with Gasteiger partial charge in [0.15, 0.2) is 0 Å². The van der Waals surface area contributed by atoms with E-state index in [1.165, 1.54) is 7.11 Å². The number of carbonyl (C=O) groups excluding carboxylic acids is 3. The number of benzene rings is 1. The van der Waals surface area contributed by atoms with Crippen LogP contribution in [0.3, 0.4) is 0 Å². The SMILES string of the molecule is COC(=O)CC1NC(=O)C1NC(=O)OCc1ccccc1. The Morgan fingerprint density at radius 3 is 2.62 bits per heavy atom. The molecule has 2 unspecified atom stereocenters. The Balaban J connectivity index is 1.78. The number of carbonyl (C=O) groups is 3. The van der Waals surface area contributed by atoms with E-state index in [0.717, 1.165) is 5.56 Å². The molecule has 2 atom stereocenters. The fraction of sp³-hybridized carbons (Fsp3) is 0.357. The second-order valence-corrected chi connectivity index (χ2v) is 4.58. The van der Waals surface area contributed by atoms with Gasteiger partial charge in [-0.3, -0.25) is 9.59 Å². The van der Waals surface area contributed by atoms with E-state index in [-0.39, 0.29) is 18.9 Å². The lowest BCUT2D eigenvalue weighted by molar-refractivity contribution is -0.143. The van der Waals surface area contributed by atoms with E-state index >= 15 is 0 Å². The van der Waals surface area contributed by atoms with E-state index in [4.69, 9.17) is 4.74 Å². The average molecular weight is 292 g/mol. The van der Waals surface area contributed by atoms with Crippen LogP contribution in [-0.2, 0) is 25.7 Å². The number of alkyl carbamates (subject to hydrolysis) is 1. The molecule has 7 heteroatoms. The molecular formula is C14H16N2O5. The molecule has 0 spiro atoms. The van der Waals surface area contributed by atoms with Crippen molar-refractivity contribution in [3.63, 3.8) is 0 Å². The molecule has 1 aliphatic heterocycles. The third-order valence-corrected chi connectivity index (χ3v) is 3.11. The molecule has 2 N–H and O–H groups in total. The quantitative estimate of drug-likeness (QED) is 0.603. The van der Waals surface area contributed by atoms with E-state index in [1.807, 2.05) is 30.3 Å². The summed E-state index contributed by atoms with van der Waals surface area (Å²) in [6.45, 7) is 0.114.